The highest BCUT2D eigenvalue weighted by Crippen LogP contribution is 2.26. The summed E-state index contributed by atoms with van der Waals surface area (Å²) in [7, 11) is 2.97. The summed E-state index contributed by atoms with van der Waals surface area (Å²) >= 11 is 0. The van der Waals surface area contributed by atoms with Crippen LogP contribution in [0.2, 0.25) is 0 Å². The molecule has 0 unspecified atom stereocenters. The van der Waals surface area contributed by atoms with E-state index in [1.165, 1.54) is 17.9 Å². The van der Waals surface area contributed by atoms with Gasteiger partial charge >= 0.3 is 11.8 Å². The van der Waals surface area contributed by atoms with Crippen LogP contribution in [0.3, 0.4) is 0 Å². The van der Waals surface area contributed by atoms with Gasteiger partial charge < -0.3 is 19.3 Å². The van der Waals surface area contributed by atoms with Crippen LogP contribution in [-0.4, -0.2) is 60.1 Å². The van der Waals surface area contributed by atoms with Gasteiger partial charge in [0.15, 0.2) is 11.2 Å². The quantitative estimate of drug-likeness (QED) is 0.622. The molecular formula is C22H27N5O5. The highest BCUT2D eigenvalue weighted by Gasteiger charge is 2.34. The highest BCUT2D eigenvalue weighted by atomic mass is 16.6. The number of imidazole rings is 1. The van der Waals surface area contributed by atoms with Crippen molar-refractivity contribution >= 4 is 17.3 Å². The van der Waals surface area contributed by atoms with Crippen LogP contribution in [0.25, 0.3) is 11.2 Å². The number of aromatic nitrogens is 4. The predicted molar refractivity (Wildman–Crippen MR) is 117 cm³/mol. The first kappa shape index (κ1) is 21.8. The number of aryl methyl sites for hydroxylation is 1. The second kappa shape index (κ2) is 8.62. The zero-order chi connectivity index (χ0) is 22.9. The van der Waals surface area contributed by atoms with Crippen LogP contribution in [-0.2, 0) is 31.8 Å². The number of aliphatic hydroxyl groups is 1. The van der Waals surface area contributed by atoms with Crippen LogP contribution in [0.1, 0.15) is 18.4 Å². The Bertz CT molecular complexity index is 1240. The molecule has 1 amide bonds. The lowest BCUT2D eigenvalue weighted by Gasteiger charge is -2.37. The topological polar surface area (TPSA) is 112 Å². The summed E-state index contributed by atoms with van der Waals surface area (Å²) in [5.41, 5.74) is -0.0729. The lowest BCUT2D eigenvalue weighted by Crippen LogP contribution is -2.48. The van der Waals surface area contributed by atoms with Gasteiger partial charge in [0.1, 0.15) is 6.61 Å². The van der Waals surface area contributed by atoms with E-state index in [-0.39, 0.29) is 24.3 Å². The molecule has 1 aliphatic heterocycles. The Hall–Kier alpha value is -3.40. The summed E-state index contributed by atoms with van der Waals surface area (Å²) in [5.74, 6) is 0. The Morgan fingerprint density at radius 2 is 1.81 bits per heavy atom. The zero-order valence-electron chi connectivity index (χ0n) is 18.2. The molecule has 1 fully saturated rings. The zero-order valence-corrected chi connectivity index (χ0v) is 18.2. The molecule has 32 heavy (non-hydrogen) atoms. The first-order chi connectivity index (χ1) is 15.3. The third-order valence-corrected chi connectivity index (χ3v) is 6.10. The fourth-order valence-electron chi connectivity index (χ4n) is 4.15. The first-order valence-electron chi connectivity index (χ1n) is 10.6. The summed E-state index contributed by atoms with van der Waals surface area (Å²) < 4.78 is 9.31. The minimum atomic E-state index is -0.830. The van der Waals surface area contributed by atoms with Crippen molar-refractivity contribution in [3.63, 3.8) is 0 Å². The molecule has 1 aromatic carbocycles. The maximum Gasteiger partial charge on any atom is 0.409 e. The van der Waals surface area contributed by atoms with Gasteiger partial charge in [-0.2, -0.15) is 0 Å². The van der Waals surface area contributed by atoms with E-state index in [2.05, 4.69) is 4.98 Å². The lowest BCUT2D eigenvalue weighted by atomic mass is 9.85. The van der Waals surface area contributed by atoms with E-state index in [9.17, 15) is 19.5 Å². The fraction of sp³-hybridized carbons (Fsp3) is 0.455. The van der Waals surface area contributed by atoms with E-state index in [0.29, 0.717) is 32.4 Å². The van der Waals surface area contributed by atoms with E-state index in [1.54, 1.807) is 16.5 Å². The normalized spacial score (nSPS) is 15.8. The number of amides is 1. The smallest absolute Gasteiger partial charge is 0.409 e. The van der Waals surface area contributed by atoms with Gasteiger partial charge in [0.2, 0.25) is 0 Å². The summed E-state index contributed by atoms with van der Waals surface area (Å²) in [4.78, 5) is 42.7. The number of fused-ring (bicyclic) bond motifs is 1. The molecule has 1 aliphatic rings. The van der Waals surface area contributed by atoms with Crippen molar-refractivity contribution in [3.05, 3.63) is 63.1 Å². The number of benzene rings is 1. The predicted octanol–water partition coefficient (Wildman–Crippen LogP) is 0.640. The van der Waals surface area contributed by atoms with E-state index in [1.807, 2.05) is 30.3 Å². The number of carbonyl (C=O) groups excluding carboxylic acids is 1. The minimum absolute atomic E-state index is 0.0566. The molecule has 0 spiro atoms. The van der Waals surface area contributed by atoms with Crippen molar-refractivity contribution in [2.45, 2.75) is 31.4 Å². The van der Waals surface area contributed by atoms with Crippen molar-refractivity contribution in [1.82, 2.24) is 23.6 Å². The van der Waals surface area contributed by atoms with Gasteiger partial charge in [0.25, 0.3) is 5.56 Å². The van der Waals surface area contributed by atoms with Gasteiger partial charge in [0.05, 0.1) is 18.5 Å². The molecule has 0 saturated carbocycles. The number of carbonyl (C=O) groups is 1. The average Bonchev–Trinajstić information content (AvgIpc) is 3.21. The molecule has 10 heteroatoms. The Labute approximate surface area is 184 Å². The summed E-state index contributed by atoms with van der Waals surface area (Å²) in [6.45, 7) is 1.13. The number of ether oxygens (including phenoxy) is 1. The van der Waals surface area contributed by atoms with Crippen LogP contribution in [0.4, 0.5) is 4.79 Å². The van der Waals surface area contributed by atoms with Crippen LogP contribution in [0.15, 0.2) is 46.2 Å². The molecule has 0 atom stereocenters. The molecule has 0 aliphatic carbocycles. The molecule has 3 aromatic rings. The molecule has 1 saturated heterocycles. The molecule has 0 radical (unpaired) electrons. The second-order valence-corrected chi connectivity index (χ2v) is 8.30. The molecule has 4 rings (SSSR count). The van der Waals surface area contributed by atoms with Crippen molar-refractivity contribution in [2.75, 3.05) is 19.7 Å². The van der Waals surface area contributed by atoms with Gasteiger partial charge in [-0.1, -0.05) is 30.3 Å². The molecular weight excluding hydrogens is 414 g/mol. The lowest BCUT2D eigenvalue weighted by molar-refractivity contribution is -0.0200. The molecule has 2 aromatic heterocycles. The van der Waals surface area contributed by atoms with Crippen LogP contribution >= 0.6 is 0 Å². The number of hydrogen-bond donors (Lipinski definition) is 1. The number of nitrogens with zero attached hydrogens (tertiary/aromatic N) is 5. The Balaban J connectivity index is 1.33. The maximum absolute atomic E-state index is 12.5. The maximum atomic E-state index is 12.5. The van der Waals surface area contributed by atoms with Gasteiger partial charge in [0, 0.05) is 33.6 Å². The number of hydrogen-bond acceptors (Lipinski definition) is 6. The second-order valence-electron chi connectivity index (χ2n) is 8.30. The van der Waals surface area contributed by atoms with Gasteiger partial charge in [-0.05, 0) is 18.4 Å². The SMILES string of the molecule is Cn1c(=O)c2c(ncn2CCOC(=O)N2CCC(O)(Cc3ccccc3)CC2)n(C)c1=O. The van der Waals surface area contributed by atoms with Gasteiger partial charge in [-0.15, -0.1) is 0 Å². The fourth-order valence-corrected chi connectivity index (χ4v) is 4.15. The Morgan fingerprint density at radius 3 is 2.50 bits per heavy atom. The first-order valence-corrected chi connectivity index (χ1v) is 10.6. The molecule has 170 valence electrons. The number of rotatable bonds is 5. The largest absolute Gasteiger partial charge is 0.448 e. The standard InChI is InChI=1S/C22H27N5O5/c1-24-18-17(19(28)25(2)20(24)29)27(15-23-18)12-13-32-21(30)26-10-8-22(31,9-11-26)14-16-6-4-3-5-7-16/h3-7,15,31H,8-14H2,1-2H3. The molecule has 1 N–H and O–H groups in total. The Kier molecular flexibility index (Phi) is 5.88. The van der Waals surface area contributed by atoms with E-state index >= 15 is 0 Å². The molecule has 3 heterocycles. The summed E-state index contributed by atoms with van der Waals surface area (Å²) in [6, 6.07) is 9.82. The monoisotopic (exact) mass is 441 g/mol. The van der Waals surface area contributed by atoms with Crippen LogP contribution in [0, 0.1) is 0 Å². The number of likely N-dealkylation sites (tertiary alicyclic amines) is 1. The van der Waals surface area contributed by atoms with E-state index in [0.717, 1.165) is 10.1 Å². The van der Waals surface area contributed by atoms with Crippen molar-refractivity contribution in [2.24, 2.45) is 14.1 Å². The third-order valence-electron chi connectivity index (χ3n) is 6.10. The van der Waals surface area contributed by atoms with Crippen molar-refractivity contribution < 1.29 is 14.6 Å². The van der Waals surface area contributed by atoms with Gasteiger partial charge in [-0.3, -0.25) is 13.9 Å². The van der Waals surface area contributed by atoms with Crippen LogP contribution < -0.4 is 11.2 Å². The van der Waals surface area contributed by atoms with E-state index < -0.39 is 22.9 Å². The highest BCUT2D eigenvalue weighted by molar-refractivity contribution is 5.70. The minimum Gasteiger partial charge on any atom is -0.448 e. The van der Waals surface area contributed by atoms with Crippen molar-refractivity contribution in [3.8, 4) is 0 Å². The average molecular weight is 441 g/mol. The summed E-state index contributed by atoms with van der Waals surface area (Å²) in [6.07, 6.45) is 2.53. The van der Waals surface area contributed by atoms with Crippen LogP contribution in [0.5, 0.6) is 0 Å². The Morgan fingerprint density at radius 1 is 1.12 bits per heavy atom. The third kappa shape index (κ3) is 4.18. The summed E-state index contributed by atoms with van der Waals surface area (Å²) in [5, 5.41) is 10.9. The molecule has 10 nitrogen and oxygen atoms in total. The van der Waals surface area contributed by atoms with Gasteiger partial charge in [-0.25, -0.2) is 14.6 Å². The van der Waals surface area contributed by atoms with Crippen molar-refractivity contribution in [1.29, 1.82) is 0 Å². The number of piperidine rings is 1. The van der Waals surface area contributed by atoms with E-state index in [4.69, 9.17) is 4.74 Å². The molecule has 0 bridgehead atoms.